The number of carbonyl (C=O) groups excluding carboxylic acids is 1. The van der Waals surface area contributed by atoms with Crippen LogP contribution in [0.3, 0.4) is 0 Å². The summed E-state index contributed by atoms with van der Waals surface area (Å²) in [6.45, 7) is -0.136. The quantitative estimate of drug-likeness (QED) is 0.852. The fourth-order valence-corrected chi connectivity index (χ4v) is 2.79. The summed E-state index contributed by atoms with van der Waals surface area (Å²) >= 11 is 0. The number of halogens is 3. The topological polar surface area (TPSA) is 79.7 Å². The molecule has 1 fully saturated rings. The molecule has 1 aromatic heterocycles. The first kappa shape index (κ1) is 18.7. The van der Waals surface area contributed by atoms with Crippen LogP contribution in [0.15, 0.2) is 42.6 Å². The number of carboxylic acids is 1. The van der Waals surface area contributed by atoms with Crippen LogP contribution in [-0.2, 0) is 11.3 Å². The summed E-state index contributed by atoms with van der Waals surface area (Å²) in [5.41, 5.74) is 0.0529. The fourth-order valence-electron chi connectivity index (χ4n) is 2.79. The average Bonchev–Trinajstić information content (AvgIpc) is 2.60. The van der Waals surface area contributed by atoms with Gasteiger partial charge in [0, 0.05) is 12.8 Å². The molecule has 0 atom stereocenters. The molecule has 9 heteroatoms. The van der Waals surface area contributed by atoms with Crippen molar-refractivity contribution in [1.29, 1.82) is 0 Å². The number of ether oxygens (including phenoxy) is 1. The first-order valence-electron chi connectivity index (χ1n) is 8.03. The number of alkyl halides is 2. The van der Waals surface area contributed by atoms with Gasteiger partial charge in [0.1, 0.15) is 18.0 Å². The summed E-state index contributed by atoms with van der Waals surface area (Å²) in [5, 5.41) is 9.27. The lowest BCUT2D eigenvalue weighted by Crippen LogP contribution is -2.54. The maximum absolute atomic E-state index is 13.4. The molecule has 0 radical (unpaired) electrons. The van der Waals surface area contributed by atoms with Crippen molar-refractivity contribution in [1.82, 2.24) is 4.98 Å². The number of hydrogen-bond donors (Lipinski definition) is 1. The number of aromatic carboxylic acids is 1. The number of carboxylic acid groups (broad SMARTS) is 1. The van der Waals surface area contributed by atoms with E-state index in [0.29, 0.717) is 11.6 Å². The van der Waals surface area contributed by atoms with Crippen LogP contribution >= 0.6 is 0 Å². The van der Waals surface area contributed by atoms with E-state index in [-0.39, 0.29) is 6.61 Å². The van der Waals surface area contributed by atoms with Crippen molar-refractivity contribution in [2.45, 2.75) is 31.4 Å². The number of aromatic nitrogens is 1. The smallest absolute Gasteiger partial charge is 0.416 e. The number of benzene rings is 1. The van der Waals surface area contributed by atoms with Crippen LogP contribution in [0, 0.1) is 5.82 Å². The van der Waals surface area contributed by atoms with Gasteiger partial charge < -0.3 is 9.84 Å². The molecule has 27 heavy (non-hydrogen) atoms. The second-order valence-electron chi connectivity index (χ2n) is 6.16. The molecule has 0 spiro atoms. The minimum absolute atomic E-state index is 0.136. The molecule has 0 unspecified atom stereocenters. The van der Waals surface area contributed by atoms with Crippen LogP contribution in [0.1, 0.15) is 28.8 Å². The van der Waals surface area contributed by atoms with Crippen molar-refractivity contribution < 1.29 is 32.6 Å². The van der Waals surface area contributed by atoms with Crippen molar-refractivity contribution in [2.24, 2.45) is 0 Å². The SMILES string of the molecule is O=C(O)c1cc(F)cnc1N(C(=O)OCc1ccccc1)C1CC(F)(F)C1. The molecule has 2 aromatic rings. The molecule has 1 aliphatic carbocycles. The van der Waals surface area contributed by atoms with E-state index < -0.39 is 54.1 Å². The van der Waals surface area contributed by atoms with Crippen LogP contribution in [0.25, 0.3) is 0 Å². The highest BCUT2D eigenvalue weighted by molar-refractivity contribution is 5.99. The minimum Gasteiger partial charge on any atom is -0.478 e. The van der Waals surface area contributed by atoms with Gasteiger partial charge >= 0.3 is 12.1 Å². The largest absolute Gasteiger partial charge is 0.478 e. The third-order valence-corrected chi connectivity index (χ3v) is 4.13. The molecule has 1 saturated carbocycles. The highest BCUT2D eigenvalue weighted by Gasteiger charge is 2.51. The van der Waals surface area contributed by atoms with Gasteiger partial charge in [0.2, 0.25) is 0 Å². The van der Waals surface area contributed by atoms with E-state index in [4.69, 9.17) is 4.74 Å². The minimum atomic E-state index is -2.97. The molecule has 0 saturated heterocycles. The standard InChI is InChI=1S/C18H15F3N2O4/c19-12-6-14(16(24)25)15(22-9-12)23(13-7-18(20,21)8-13)17(26)27-10-11-4-2-1-3-5-11/h1-6,9,13H,7-8,10H2,(H,24,25). The van der Waals surface area contributed by atoms with Gasteiger partial charge in [0.25, 0.3) is 5.92 Å². The first-order valence-corrected chi connectivity index (χ1v) is 8.03. The summed E-state index contributed by atoms with van der Waals surface area (Å²) < 4.78 is 45.2. The summed E-state index contributed by atoms with van der Waals surface area (Å²) in [7, 11) is 0. The second-order valence-corrected chi connectivity index (χ2v) is 6.16. The predicted octanol–water partition coefficient (Wildman–Crippen LogP) is 3.86. The molecule has 0 aliphatic heterocycles. The lowest BCUT2D eigenvalue weighted by molar-refractivity contribution is -0.0851. The van der Waals surface area contributed by atoms with Crippen LogP contribution in [0.2, 0.25) is 0 Å². The number of rotatable bonds is 5. The zero-order valence-corrected chi connectivity index (χ0v) is 13.9. The monoisotopic (exact) mass is 380 g/mol. The fraction of sp³-hybridized carbons (Fsp3) is 0.278. The third kappa shape index (κ3) is 4.18. The highest BCUT2D eigenvalue weighted by atomic mass is 19.3. The van der Waals surface area contributed by atoms with Gasteiger partial charge in [-0.3, -0.25) is 4.90 Å². The van der Waals surface area contributed by atoms with E-state index >= 15 is 0 Å². The van der Waals surface area contributed by atoms with Crippen molar-refractivity contribution in [3.8, 4) is 0 Å². The molecular weight excluding hydrogens is 365 g/mol. The van der Waals surface area contributed by atoms with Gasteiger partial charge in [-0.25, -0.2) is 27.7 Å². The zero-order chi connectivity index (χ0) is 19.6. The van der Waals surface area contributed by atoms with Crippen LogP contribution < -0.4 is 4.90 Å². The number of hydrogen-bond acceptors (Lipinski definition) is 4. The van der Waals surface area contributed by atoms with Gasteiger partial charge in [0.15, 0.2) is 5.82 Å². The average molecular weight is 380 g/mol. The van der Waals surface area contributed by atoms with Crippen molar-refractivity contribution >= 4 is 17.9 Å². The number of carbonyl (C=O) groups is 2. The van der Waals surface area contributed by atoms with Crippen LogP contribution in [-0.4, -0.2) is 34.1 Å². The Morgan fingerprint density at radius 3 is 2.52 bits per heavy atom. The van der Waals surface area contributed by atoms with Gasteiger partial charge in [-0.2, -0.15) is 0 Å². The Labute approximate surface area is 152 Å². The number of pyridine rings is 1. The van der Waals surface area contributed by atoms with Gasteiger partial charge in [0.05, 0.1) is 12.2 Å². The van der Waals surface area contributed by atoms with Gasteiger partial charge in [-0.05, 0) is 11.6 Å². The Morgan fingerprint density at radius 1 is 1.26 bits per heavy atom. The lowest BCUT2D eigenvalue weighted by Gasteiger charge is -2.41. The molecule has 0 bridgehead atoms. The zero-order valence-electron chi connectivity index (χ0n) is 13.9. The van der Waals surface area contributed by atoms with E-state index in [9.17, 15) is 27.9 Å². The van der Waals surface area contributed by atoms with Crippen LogP contribution in [0.5, 0.6) is 0 Å². The van der Waals surface area contributed by atoms with E-state index in [1.54, 1.807) is 30.3 Å². The van der Waals surface area contributed by atoms with Crippen molar-refractivity contribution in [3.63, 3.8) is 0 Å². The van der Waals surface area contributed by atoms with Crippen molar-refractivity contribution in [2.75, 3.05) is 4.90 Å². The Bertz CT molecular complexity index is 853. The highest BCUT2D eigenvalue weighted by Crippen LogP contribution is 2.42. The molecule has 1 heterocycles. The molecule has 1 N–H and O–H groups in total. The van der Waals surface area contributed by atoms with Gasteiger partial charge in [-0.15, -0.1) is 0 Å². The van der Waals surface area contributed by atoms with Crippen LogP contribution in [0.4, 0.5) is 23.8 Å². The summed E-state index contributed by atoms with van der Waals surface area (Å²) in [4.78, 5) is 28.4. The molecular formula is C18H15F3N2O4. The van der Waals surface area contributed by atoms with E-state index in [0.717, 1.165) is 11.1 Å². The van der Waals surface area contributed by atoms with E-state index in [2.05, 4.69) is 4.98 Å². The third-order valence-electron chi connectivity index (χ3n) is 4.13. The Kier molecular flexibility index (Phi) is 5.02. The van der Waals surface area contributed by atoms with E-state index in [1.807, 2.05) is 0 Å². The molecule has 3 rings (SSSR count). The first-order chi connectivity index (χ1) is 12.8. The summed E-state index contributed by atoms with van der Waals surface area (Å²) in [5.74, 6) is -5.86. The Balaban J connectivity index is 1.88. The second kappa shape index (κ2) is 7.26. The molecule has 142 valence electrons. The molecule has 6 nitrogen and oxygen atoms in total. The molecule has 1 aliphatic rings. The predicted molar refractivity (Wildman–Crippen MR) is 88.2 cm³/mol. The number of nitrogens with zero attached hydrogens (tertiary/aromatic N) is 2. The maximum atomic E-state index is 13.4. The Morgan fingerprint density at radius 2 is 1.93 bits per heavy atom. The number of anilines is 1. The lowest BCUT2D eigenvalue weighted by atomic mass is 9.87. The summed E-state index contributed by atoms with van der Waals surface area (Å²) in [6, 6.07) is 8.32. The normalized spacial score (nSPS) is 15.7. The molecule has 1 aromatic carbocycles. The maximum Gasteiger partial charge on any atom is 0.416 e. The Hall–Kier alpha value is -3.10. The summed E-state index contributed by atoms with van der Waals surface area (Å²) in [6.07, 6.45) is -1.63. The van der Waals surface area contributed by atoms with E-state index in [1.165, 1.54) is 0 Å². The number of amides is 1. The molecule has 1 amide bonds. The van der Waals surface area contributed by atoms with Crippen molar-refractivity contribution in [3.05, 3.63) is 59.5 Å². The van der Waals surface area contributed by atoms with Gasteiger partial charge in [-0.1, -0.05) is 30.3 Å².